The van der Waals surface area contributed by atoms with E-state index in [0.717, 1.165) is 6.39 Å². The van der Waals surface area contributed by atoms with Crippen LogP contribution in [0.5, 0.6) is 0 Å². The van der Waals surface area contributed by atoms with Gasteiger partial charge in [-0.1, -0.05) is 5.16 Å². The first-order chi connectivity index (χ1) is 6.56. The van der Waals surface area contributed by atoms with E-state index in [1.54, 1.807) is 0 Å². The Bertz CT molecular complexity index is 360. The quantitative estimate of drug-likeness (QED) is 0.651. The first-order valence-corrected chi connectivity index (χ1v) is 5.45. The largest absolute Gasteiger partial charge is 0.395 e. The molecule has 0 saturated heterocycles. The number of aliphatic hydroxyl groups excluding tert-OH is 1. The van der Waals surface area contributed by atoms with Crippen molar-refractivity contribution < 1.29 is 18.0 Å². The van der Waals surface area contributed by atoms with Crippen molar-refractivity contribution in [2.45, 2.75) is 18.7 Å². The van der Waals surface area contributed by atoms with E-state index in [2.05, 4.69) is 19.4 Å². The Morgan fingerprint density at radius 1 is 1.71 bits per heavy atom. The van der Waals surface area contributed by atoms with E-state index in [-0.39, 0.29) is 12.4 Å². The number of nitrogens with zero attached hydrogens (tertiary/aromatic N) is 2. The molecular weight excluding hydrogens is 210 g/mol. The summed E-state index contributed by atoms with van der Waals surface area (Å²) in [5.41, 5.74) is 0. The molecule has 1 rings (SSSR count). The second-order valence-corrected chi connectivity index (χ2v) is 4.89. The van der Waals surface area contributed by atoms with Gasteiger partial charge < -0.3 is 9.63 Å². The molecule has 0 amide bonds. The topological polar surface area (TPSA) is 105 Å². The van der Waals surface area contributed by atoms with E-state index in [4.69, 9.17) is 5.11 Å². The summed E-state index contributed by atoms with van der Waals surface area (Å²) >= 11 is 0. The average Bonchev–Trinajstić information content (AvgIpc) is 2.66. The van der Waals surface area contributed by atoms with Crippen molar-refractivity contribution in [3.05, 3.63) is 12.2 Å². The minimum Gasteiger partial charge on any atom is -0.395 e. The van der Waals surface area contributed by atoms with Crippen LogP contribution >= 0.6 is 0 Å². The monoisotopic (exact) mass is 221 g/mol. The second kappa shape index (κ2) is 4.49. The molecule has 80 valence electrons. The Balaban J connectivity index is 2.53. The van der Waals surface area contributed by atoms with Crippen LogP contribution in [0.15, 0.2) is 10.9 Å². The molecule has 0 aromatic carbocycles. The van der Waals surface area contributed by atoms with Gasteiger partial charge in [0.15, 0.2) is 5.82 Å². The Kier molecular flexibility index (Phi) is 3.55. The number of rotatable bonds is 5. The van der Waals surface area contributed by atoms with Gasteiger partial charge in [-0.2, -0.15) is 4.98 Å². The molecule has 7 nitrogen and oxygen atoms in total. The highest BCUT2D eigenvalue weighted by Gasteiger charge is 2.19. The summed E-state index contributed by atoms with van der Waals surface area (Å²) in [5, 5.41) is 11.2. The van der Waals surface area contributed by atoms with E-state index in [0.29, 0.717) is 0 Å². The fraction of sp³-hybridized carbons (Fsp3) is 0.667. The molecule has 0 aliphatic heterocycles. The average molecular weight is 221 g/mol. The number of hydrogen-bond donors (Lipinski definition) is 2. The molecule has 0 saturated carbocycles. The fourth-order valence-corrected chi connectivity index (χ4v) is 1.49. The highest BCUT2D eigenvalue weighted by atomic mass is 32.2. The maximum absolute atomic E-state index is 11.3. The van der Waals surface area contributed by atoms with Crippen LogP contribution in [0.25, 0.3) is 0 Å². The van der Waals surface area contributed by atoms with Crippen molar-refractivity contribution in [2.24, 2.45) is 0 Å². The van der Waals surface area contributed by atoms with E-state index < -0.39 is 21.9 Å². The fourth-order valence-electron chi connectivity index (χ4n) is 0.676. The van der Waals surface area contributed by atoms with Gasteiger partial charge in [-0.25, -0.2) is 13.1 Å². The van der Waals surface area contributed by atoms with E-state index in [1.807, 2.05) is 0 Å². The van der Waals surface area contributed by atoms with Crippen LogP contribution in [-0.4, -0.2) is 35.5 Å². The van der Waals surface area contributed by atoms with E-state index >= 15 is 0 Å². The lowest BCUT2D eigenvalue weighted by atomic mass is 10.5. The molecule has 1 heterocycles. The molecule has 0 aliphatic rings. The summed E-state index contributed by atoms with van der Waals surface area (Å²) in [7, 11) is -3.51. The van der Waals surface area contributed by atoms with Gasteiger partial charge in [0.05, 0.1) is 18.4 Å². The molecule has 1 aromatic rings. The predicted molar refractivity (Wildman–Crippen MR) is 46.6 cm³/mol. The number of nitrogens with one attached hydrogen (secondary N) is 1. The molecule has 2 N–H and O–H groups in total. The SMILES string of the molecule is CC(CO)S(=O)(=O)NCc1ncon1. The lowest BCUT2D eigenvalue weighted by Gasteiger charge is -2.09. The van der Waals surface area contributed by atoms with Gasteiger partial charge in [-0.15, -0.1) is 0 Å². The Hall–Kier alpha value is -0.990. The van der Waals surface area contributed by atoms with Crippen LogP contribution in [0.2, 0.25) is 0 Å². The summed E-state index contributed by atoms with van der Waals surface area (Å²) in [6.45, 7) is 0.934. The summed E-state index contributed by atoms with van der Waals surface area (Å²) < 4.78 is 29.3. The third-order valence-electron chi connectivity index (χ3n) is 1.63. The molecule has 0 spiro atoms. The maximum atomic E-state index is 11.3. The van der Waals surface area contributed by atoms with Crippen molar-refractivity contribution in [1.82, 2.24) is 14.9 Å². The second-order valence-electron chi connectivity index (χ2n) is 2.71. The predicted octanol–water partition coefficient (Wildman–Crippen LogP) is -1.13. The van der Waals surface area contributed by atoms with Crippen molar-refractivity contribution in [1.29, 1.82) is 0 Å². The maximum Gasteiger partial charge on any atom is 0.216 e. The van der Waals surface area contributed by atoms with Gasteiger partial charge in [0.2, 0.25) is 16.4 Å². The molecule has 1 atom stereocenters. The summed E-state index contributed by atoms with van der Waals surface area (Å²) in [6, 6.07) is 0. The van der Waals surface area contributed by atoms with Crippen molar-refractivity contribution >= 4 is 10.0 Å². The van der Waals surface area contributed by atoms with Gasteiger partial charge in [-0.05, 0) is 6.92 Å². The first kappa shape index (κ1) is 11.1. The van der Waals surface area contributed by atoms with E-state index in [1.165, 1.54) is 6.92 Å². The van der Waals surface area contributed by atoms with Crippen LogP contribution in [0.4, 0.5) is 0 Å². The molecule has 1 unspecified atom stereocenters. The Morgan fingerprint density at radius 2 is 2.43 bits per heavy atom. The number of aliphatic hydroxyl groups is 1. The standard InChI is InChI=1S/C6H11N3O4S/c1-5(3-10)14(11,12)8-2-6-7-4-13-9-6/h4-5,8,10H,2-3H2,1H3. The first-order valence-electron chi connectivity index (χ1n) is 3.91. The third-order valence-corrected chi connectivity index (χ3v) is 3.38. The zero-order valence-corrected chi connectivity index (χ0v) is 8.36. The molecular formula is C6H11N3O4S. The van der Waals surface area contributed by atoms with Crippen LogP contribution in [0.3, 0.4) is 0 Å². The normalized spacial score (nSPS) is 14.1. The molecule has 14 heavy (non-hydrogen) atoms. The van der Waals surface area contributed by atoms with Crippen LogP contribution in [0, 0.1) is 0 Å². The molecule has 0 fully saturated rings. The minimum absolute atomic E-state index is 0.0385. The van der Waals surface area contributed by atoms with Gasteiger partial charge in [0.25, 0.3) is 0 Å². The summed E-state index contributed by atoms with van der Waals surface area (Å²) in [6.07, 6.45) is 1.11. The number of hydrogen-bond acceptors (Lipinski definition) is 6. The van der Waals surface area contributed by atoms with Gasteiger partial charge >= 0.3 is 0 Å². The van der Waals surface area contributed by atoms with E-state index in [9.17, 15) is 8.42 Å². The molecule has 0 aliphatic carbocycles. The molecule has 0 radical (unpaired) electrons. The smallest absolute Gasteiger partial charge is 0.216 e. The van der Waals surface area contributed by atoms with Gasteiger partial charge in [0, 0.05) is 0 Å². The van der Waals surface area contributed by atoms with Crippen LogP contribution < -0.4 is 4.72 Å². The summed E-state index contributed by atoms with van der Waals surface area (Å²) in [5.74, 6) is 0.249. The molecule has 0 bridgehead atoms. The Labute approximate surface area is 81.2 Å². The van der Waals surface area contributed by atoms with Gasteiger partial charge in [-0.3, -0.25) is 0 Å². The third kappa shape index (κ3) is 2.76. The number of sulfonamides is 1. The number of aromatic nitrogens is 2. The lowest BCUT2D eigenvalue weighted by Crippen LogP contribution is -2.34. The van der Waals surface area contributed by atoms with Gasteiger partial charge in [0.1, 0.15) is 0 Å². The van der Waals surface area contributed by atoms with Crippen LogP contribution in [-0.2, 0) is 16.6 Å². The molecule has 8 heteroatoms. The van der Waals surface area contributed by atoms with Crippen LogP contribution in [0.1, 0.15) is 12.7 Å². The Morgan fingerprint density at radius 3 is 2.93 bits per heavy atom. The zero-order chi connectivity index (χ0) is 10.6. The van der Waals surface area contributed by atoms with Crippen molar-refractivity contribution in [3.63, 3.8) is 0 Å². The zero-order valence-electron chi connectivity index (χ0n) is 7.54. The highest BCUT2D eigenvalue weighted by molar-refractivity contribution is 7.90. The summed E-state index contributed by atoms with van der Waals surface area (Å²) in [4.78, 5) is 3.64. The minimum atomic E-state index is -3.51. The highest BCUT2D eigenvalue weighted by Crippen LogP contribution is 1.98. The molecule has 1 aromatic heterocycles. The van der Waals surface area contributed by atoms with Crippen molar-refractivity contribution in [3.8, 4) is 0 Å². The lowest BCUT2D eigenvalue weighted by molar-refractivity contribution is 0.294. The van der Waals surface area contributed by atoms with Crippen molar-refractivity contribution in [2.75, 3.05) is 6.61 Å².